The molecule has 0 radical (unpaired) electrons. The van der Waals surface area contributed by atoms with Crippen molar-refractivity contribution in [2.24, 2.45) is 0 Å². The number of non-ortho nitro benzene ring substituents is 1. The summed E-state index contributed by atoms with van der Waals surface area (Å²) in [4.78, 5) is 33.3. The molecule has 0 spiro atoms. The summed E-state index contributed by atoms with van der Waals surface area (Å²) in [6.07, 6.45) is 2.37. The van der Waals surface area contributed by atoms with Crippen LogP contribution in [-0.2, 0) is 6.42 Å². The molecule has 0 bridgehead atoms. The second-order valence-corrected chi connectivity index (χ2v) is 6.19. The fourth-order valence-electron chi connectivity index (χ4n) is 2.10. The lowest BCUT2D eigenvalue weighted by Gasteiger charge is -2.04. The van der Waals surface area contributed by atoms with Gasteiger partial charge in [-0.2, -0.15) is 0 Å². The van der Waals surface area contributed by atoms with Gasteiger partial charge in [0, 0.05) is 18.7 Å². The number of benzene rings is 1. The number of carboxylic acid groups (broad SMARTS) is 1. The van der Waals surface area contributed by atoms with Crippen molar-refractivity contribution in [2.45, 2.75) is 19.3 Å². The Morgan fingerprint density at radius 1 is 1.08 bits per heavy atom. The van der Waals surface area contributed by atoms with Gasteiger partial charge in [0.1, 0.15) is 4.88 Å². The predicted molar refractivity (Wildman–Crippen MR) is 89.6 cm³/mol. The highest BCUT2D eigenvalue weighted by molar-refractivity contribution is 7.15. The van der Waals surface area contributed by atoms with Crippen molar-refractivity contribution in [3.63, 3.8) is 0 Å². The number of unbranched alkanes of at least 4 members (excludes halogenated alkanes) is 1. The normalized spacial score (nSPS) is 10.3. The number of rotatable bonds is 8. The lowest BCUT2D eigenvalue weighted by Crippen LogP contribution is -2.23. The van der Waals surface area contributed by atoms with Crippen molar-refractivity contribution < 1.29 is 19.6 Å². The maximum Gasteiger partial charge on any atom is 0.345 e. The highest BCUT2D eigenvalue weighted by Crippen LogP contribution is 2.16. The van der Waals surface area contributed by atoms with E-state index in [1.54, 1.807) is 12.1 Å². The molecule has 24 heavy (non-hydrogen) atoms. The van der Waals surface area contributed by atoms with Gasteiger partial charge in [0.15, 0.2) is 0 Å². The van der Waals surface area contributed by atoms with E-state index in [0.717, 1.165) is 36.2 Å². The van der Waals surface area contributed by atoms with Gasteiger partial charge in [0.2, 0.25) is 0 Å². The summed E-state index contributed by atoms with van der Waals surface area (Å²) in [5.74, 6) is -1.31. The van der Waals surface area contributed by atoms with Crippen LogP contribution >= 0.6 is 11.3 Å². The molecule has 0 aliphatic heterocycles. The van der Waals surface area contributed by atoms with E-state index in [-0.39, 0.29) is 16.5 Å². The summed E-state index contributed by atoms with van der Waals surface area (Å²) >= 11 is 0.947. The van der Waals surface area contributed by atoms with E-state index >= 15 is 0 Å². The third-order valence-electron chi connectivity index (χ3n) is 3.37. The van der Waals surface area contributed by atoms with Crippen molar-refractivity contribution in [3.05, 3.63) is 61.8 Å². The van der Waals surface area contributed by atoms with Gasteiger partial charge in [-0.3, -0.25) is 14.9 Å². The van der Waals surface area contributed by atoms with E-state index in [1.807, 2.05) is 0 Å². The number of hydrogen-bond acceptors (Lipinski definition) is 5. The molecular weight excluding hydrogens is 332 g/mol. The molecular formula is C16H16N2O5S. The van der Waals surface area contributed by atoms with Gasteiger partial charge in [0.05, 0.1) is 9.80 Å². The van der Waals surface area contributed by atoms with E-state index in [0.29, 0.717) is 11.4 Å². The number of nitrogens with zero attached hydrogens (tertiary/aromatic N) is 1. The number of aromatic carboxylic acids is 1. The summed E-state index contributed by atoms with van der Waals surface area (Å²) in [7, 11) is 0. The third kappa shape index (κ3) is 4.88. The van der Waals surface area contributed by atoms with E-state index in [4.69, 9.17) is 5.11 Å². The summed E-state index contributed by atoms with van der Waals surface area (Å²) in [6.45, 7) is 0.492. The fraction of sp³-hybridized carbons (Fsp3) is 0.250. The van der Waals surface area contributed by atoms with Gasteiger partial charge in [-0.25, -0.2) is 4.79 Å². The monoisotopic (exact) mass is 348 g/mol. The molecule has 7 nitrogen and oxygen atoms in total. The Morgan fingerprint density at radius 3 is 2.33 bits per heavy atom. The average molecular weight is 348 g/mol. The van der Waals surface area contributed by atoms with Crippen molar-refractivity contribution in [1.82, 2.24) is 5.32 Å². The maximum absolute atomic E-state index is 11.9. The molecule has 1 aromatic heterocycles. The fourth-order valence-corrected chi connectivity index (χ4v) is 2.86. The minimum absolute atomic E-state index is 0.0719. The largest absolute Gasteiger partial charge is 0.477 e. The summed E-state index contributed by atoms with van der Waals surface area (Å²) in [6, 6.07) is 9.34. The molecule has 0 saturated heterocycles. The minimum Gasteiger partial charge on any atom is -0.477 e. The Balaban J connectivity index is 1.69. The van der Waals surface area contributed by atoms with E-state index in [2.05, 4.69) is 5.32 Å². The summed E-state index contributed by atoms with van der Waals surface area (Å²) in [5.41, 5.74) is 1.08. The molecule has 1 heterocycles. The van der Waals surface area contributed by atoms with Gasteiger partial charge in [-0.15, -0.1) is 11.3 Å². The van der Waals surface area contributed by atoms with Crippen molar-refractivity contribution in [3.8, 4) is 0 Å². The van der Waals surface area contributed by atoms with Gasteiger partial charge in [-0.05, 0) is 37.0 Å². The molecule has 2 aromatic rings. The van der Waals surface area contributed by atoms with Crippen LogP contribution in [0, 0.1) is 10.1 Å². The molecule has 2 rings (SSSR count). The third-order valence-corrected chi connectivity index (χ3v) is 4.44. The number of nitrogens with one attached hydrogen (secondary N) is 1. The SMILES string of the molecule is O=C(O)c1ccc(C(=O)NCCCCc2ccc([N+](=O)[O-])cc2)s1. The van der Waals surface area contributed by atoms with Gasteiger partial charge >= 0.3 is 5.97 Å². The number of aryl methyl sites for hydroxylation is 1. The van der Waals surface area contributed by atoms with Crippen LogP contribution in [0.15, 0.2) is 36.4 Å². The first-order valence-corrected chi connectivity index (χ1v) is 8.13. The number of amides is 1. The molecule has 1 aromatic carbocycles. The lowest BCUT2D eigenvalue weighted by molar-refractivity contribution is -0.384. The van der Waals surface area contributed by atoms with E-state index in [1.165, 1.54) is 24.3 Å². The lowest BCUT2D eigenvalue weighted by atomic mass is 10.1. The minimum atomic E-state index is -1.04. The van der Waals surface area contributed by atoms with Crippen LogP contribution in [0.5, 0.6) is 0 Å². The zero-order chi connectivity index (χ0) is 17.5. The Labute approximate surface area is 142 Å². The highest BCUT2D eigenvalue weighted by Gasteiger charge is 2.12. The molecule has 8 heteroatoms. The molecule has 0 atom stereocenters. The maximum atomic E-state index is 11.9. The summed E-state index contributed by atoms with van der Waals surface area (Å²) in [5, 5.41) is 22.1. The number of nitro groups is 1. The number of hydrogen-bond donors (Lipinski definition) is 2. The Hall–Kier alpha value is -2.74. The zero-order valence-electron chi connectivity index (χ0n) is 12.7. The Morgan fingerprint density at radius 2 is 1.75 bits per heavy atom. The smallest absolute Gasteiger partial charge is 0.345 e. The first kappa shape index (κ1) is 17.6. The van der Waals surface area contributed by atoms with Crippen LogP contribution in [0.25, 0.3) is 0 Å². The number of carboxylic acids is 1. The molecule has 1 amide bonds. The first-order chi connectivity index (χ1) is 11.5. The average Bonchev–Trinajstić information content (AvgIpc) is 3.05. The number of nitro benzene ring substituents is 1. The number of carbonyl (C=O) groups excluding carboxylic acids is 1. The number of carbonyl (C=O) groups is 2. The van der Waals surface area contributed by atoms with E-state index < -0.39 is 10.9 Å². The molecule has 0 aliphatic carbocycles. The van der Waals surface area contributed by atoms with Crippen LogP contribution in [-0.4, -0.2) is 28.5 Å². The molecule has 2 N–H and O–H groups in total. The van der Waals surface area contributed by atoms with Gasteiger partial charge in [0.25, 0.3) is 11.6 Å². The van der Waals surface area contributed by atoms with E-state index in [9.17, 15) is 19.7 Å². The van der Waals surface area contributed by atoms with Gasteiger partial charge < -0.3 is 10.4 Å². The highest BCUT2D eigenvalue weighted by atomic mass is 32.1. The second kappa shape index (κ2) is 8.21. The second-order valence-electron chi connectivity index (χ2n) is 5.11. The quantitative estimate of drug-likeness (QED) is 0.433. The molecule has 126 valence electrons. The topological polar surface area (TPSA) is 110 Å². The van der Waals surface area contributed by atoms with Crippen molar-refractivity contribution >= 4 is 28.9 Å². The van der Waals surface area contributed by atoms with Crippen LogP contribution in [0.1, 0.15) is 37.7 Å². The zero-order valence-corrected chi connectivity index (χ0v) is 13.5. The van der Waals surface area contributed by atoms with Crippen molar-refractivity contribution in [2.75, 3.05) is 6.54 Å². The van der Waals surface area contributed by atoms with Crippen LogP contribution < -0.4 is 5.32 Å². The molecule has 0 fully saturated rings. The van der Waals surface area contributed by atoms with Crippen molar-refractivity contribution in [1.29, 1.82) is 0 Å². The number of thiophene rings is 1. The summed E-state index contributed by atoms with van der Waals surface area (Å²) < 4.78 is 0. The molecule has 0 saturated carbocycles. The van der Waals surface area contributed by atoms with Crippen LogP contribution in [0.2, 0.25) is 0 Å². The first-order valence-electron chi connectivity index (χ1n) is 7.32. The van der Waals surface area contributed by atoms with Crippen LogP contribution in [0.3, 0.4) is 0 Å². The Bertz CT molecular complexity index is 739. The molecule has 0 aliphatic rings. The van der Waals surface area contributed by atoms with Gasteiger partial charge in [-0.1, -0.05) is 12.1 Å². The predicted octanol–water partition coefficient (Wildman–Crippen LogP) is 3.11. The standard InChI is InChI=1S/C16H16N2O5S/c19-15(13-8-9-14(24-13)16(20)21)17-10-2-1-3-11-4-6-12(7-5-11)18(22)23/h4-9H,1-3,10H2,(H,17,19)(H,20,21). The molecule has 0 unspecified atom stereocenters. The van der Waals surface area contributed by atoms with Crippen LogP contribution in [0.4, 0.5) is 5.69 Å². The Kier molecular flexibility index (Phi) is 6.02.